The molecule has 0 aliphatic carbocycles. The maximum atomic E-state index is 12.1. The highest BCUT2D eigenvalue weighted by molar-refractivity contribution is 6.39. The van der Waals surface area contributed by atoms with E-state index in [9.17, 15) is 9.59 Å². The molecule has 0 saturated carbocycles. The van der Waals surface area contributed by atoms with Gasteiger partial charge in [-0.2, -0.15) is 0 Å². The van der Waals surface area contributed by atoms with Crippen LogP contribution < -0.4 is 20.1 Å². The second kappa shape index (κ2) is 8.07. The minimum atomic E-state index is -0.794. The lowest BCUT2D eigenvalue weighted by Gasteiger charge is -2.17. The van der Waals surface area contributed by atoms with Gasteiger partial charge < -0.3 is 24.8 Å². The van der Waals surface area contributed by atoms with Crippen LogP contribution in [0.2, 0.25) is 5.02 Å². The van der Waals surface area contributed by atoms with Crippen molar-refractivity contribution < 1.29 is 23.8 Å². The molecular formula is C18H17ClN2O5. The van der Waals surface area contributed by atoms with Gasteiger partial charge in [-0.15, -0.1) is 0 Å². The lowest BCUT2D eigenvalue weighted by molar-refractivity contribution is -0.136. The van der Waals surface area contributed by atoms with Gasteiger partial charge >= 0.3 is 11.8 Å². The molecule has 0 aromatic heterocycles. The number of anilines is 1. The molecule has 0 fully saturated rings. The Labute approximate surface area is 155 Å². The lowest BCUT2D eigenvalue weighted by Crippen LogP contribution is -2.38. The molecule has 1 atom stereocenters. The van der Waals surface area contributed by atoms with Crippen molar-refractivity contribution in [3.05, 3.63) is 53.1 Å². The van der Waals surface area contributed by atoms with Crippen LogP contribution in [0.5, 0.6) is 11.5 Å². The van der Waals surface area contributed by atoms with E-state index in [1.165, 1.54) is 7.11 Å². The summed E-state index contributed by atoms with van der Waals surface area (Å²) in [5, 5.41) is 5.58. The molecule has 8 heteroatoms. The zero-order valence-corrected chi connectivity index (χ0v) is 14.7. The average molecular weight is 377 g/mol. The Morgan fingerprint density at radius 2 is 1.92 bits per heavy atom. The second-order valence-corrected chi connectivity index (χ2v) is 5.89. The van der Waals surface area contributed by atoms with E-state index < -0.39 is 17.9 Å². The van der Waals surface area contributed by atoms with Gasteiger partial charge in [-0.05, 0) is 18.2 Å². The number of carbonyl (C=O) groups is 2. The van der Waals surface area contributed by atoms with E-state index in [0.29, 0.717) is 22.2 Å². The van der Waals surface area contributed by atoms with Gasteiger partial charge in [-0.3, -0.25) is 9.59 Å². The van der Waals surface area contributed by atoms with Crippen molar-refractivity contribution >= 4 is 29.1 Å². The quantitative estimate of drug-likeness (QED) is 0.783. The first kappa shape index (κ1) is 18.0. The second-order valence-electron chi connectivity index (χ2n) is 5.48. The molecule has 1 aliphatic rings. The van der Waals surface area contributed by atoms with Crippen molar-refractivity contribution in [1.82, 2.24) is 5.32 Å². The van der Waals surface area contributed by atoms with Crippen molar-refractivity contribution in [3.63, 3.8) is 0 Å². The molecule has 0 saturated heterocycles. The zero-order valence-electron chi connectivity index (χ0n) is 14.0. The number of hydrogen-bond donors (Lipinski definition) is 2. The van der Waals surface area contributed by atoms with Gasteiger partial charge in [0.2, 0.25) is 6.79 Å². The highest BCUT2D eigenvalue weighted by Crippen LogP contribution is 2.34. The first-order valence-corrected chi connectivity index (χ1v) is 8.22. The Balaban J connectivity index is 1.57. The molecule has 3 rings (SSSR count). The normalized spacial score (nSPS) is 13.2. The van der Waals surface area contributed by atoms with E-state index in [2.05, 4.69) is 10.6 Å². The third-order valence-corrected chi connectivity index (χ3v) is 4.17. The number of amides is 2. The third kappa shape index (κ3) is 4.07. The Morgan fingerprint density at radius 1 is 1.15 bits per heavy atom. The Morgan fingerprint density at radius 3 is 2.69 bits per heavy atom. The highest BCUT2D eigenvalue weighted by Gasteiger charge is 2.20. The van der Waals surface area contributed by atoms with E-state index in [1.807, 2.05) is 6.07 Å². The Kier molecular flexibility index (Phi) is 5.60. The minimum Gasteiger partial charge on any atom is -0.454 e. The molecule has 0 radical (unpaired) electrons. The molecule has 2 N–H and O–H groups in total. The summed E-state index contributed by atoms with van der Waals surface area (Å²) in [6.07, 6.45) is -0.467. The van der Waals surface area contributed by atoms with Crippen molar-refractivity contribution in [1.29, 1.82) is 0 Å². The smallest absolute Gasteiger partial charge is 0.313 e. The molecular weight excluding hydrogens is 360 g/mol. The number of benzene rings is 2. The van der Waals surface area contributed by atoms with Crippen LogP contribution in [0, 0.1) is 0 Å². The van der Waals surface area contributed by atoms with Crippen LogP contribution in [0.25, 0.3) is 0 Å². The zero-order chi connectivity index (χ0) is 18.5. The van der Waals surface area contributed by atoms with Crippen LogP contribution in [-0.2, 0) is 14.3 Å². The maximum absolute atomic E-state index is 12.1. The van der Waals surface area contributed by atoms with Crippen LogP contribution in [0.4, 0.5) is 5.69 Å². The Bertz CT molecular complexity index is 827. The van der Waals surface area contributed by atoms with Gasteiger partial charge in [0, 0.05) is 36.0 Å². The molecule has 2 aromatic rings. The molecule has 136 valence electrons. The fraction of sp³-hybridized carbons (Fsp3) is 0.222. The number of halogens is 1. The largest absolute Gasteiger partial charge is 0.454 e. The maximum Gasteiger partial charge on any atom is 0.313 e. The summed E-state index contributed by atoms with van der Waals surface area (Å²) in [5.74, 6) is -0.467. The van der Waals surface area contributed by atoms with Crippen LogP contribution in [0.3, 0.4) is 0 Å². The average Bonchev–Trinajstić information content (AvgIpc) is 3.11. The van der Waals surface area contributed by atoms with E-state index >= 15 is 0 Å². The Hall–Kier alpha value is -2.77. The monoisotopic (exact) mass is 376 g/mol. The van der Waals surface area contributed by atoms with Crippen molar-refractivity contribution in [3.8, 4) is 11.5 Å². The number of carbonyl (C=O) groups excluding carboxylic acids is 2. The number of ether oxygens (including phenoxy) is 3. The molecule has 2 aromatic carbocycles. The molecule has 1 aliphatic heterocycles. The molecule has 1 unspecified atom stereocenters. The van der Waals surface area contributed by atoms with Gasteiger partial charge in [0.25, 0.3) is 0 Å². The summed E-state index contributed by atoms with van der Waals surface area (Å²) in [6.45, 7) is 0.237. The summed E-state index contributed by atoms with van der Waals surface area (Å²) >= 11 is 6.14. The van der Waals surface area contributed by atoms with Crippen molar-refractivity contribution in [2.75, 3.05) is 25.8 Å². The van der Waals surface area contributed by atoms with Crippen LogP contribution in [-0.4, -0.2) is 32.3 Å². The van der Waals surface area contributed by atoms with Crippen LogP contribution in [0.15, 0.2) is 42.5 Å². The number of nitrogens with one attached hydrogen (secondary N) is 2. The molecule has 26 heavy (non-hydrogen) atoms. The molecule has 0 spiro atoms. The number of methoxy groups -OCH3 is 1. The fourth-order valence-corrected chi connectivity index (χ4v) is 2.74. The summed E-state index contributed by atoms with van der Waals surface area (Å²) in [5.41, 5.74) is 1.16. The van der Waals surface area contributed by atoms with Crippen molar-refractivity contribution in [2.45, 2.75) is 6.10 Å². The van der Waals surface area contributed by atoms with Crippen LogP contribution in [0.1, 0.15) is 11.7 Å². The van der Waals surface area contributed by atoms with Crippen molar-refractivity contribution in [2.24, 2.45) is 0 Å². The van der Waals surface area contributed by atoms with E-state index in [-0.39, 0.29) is 13.3 Å². The first-order valence-electron chi connectivity index (χ1n) is 7.84. The first-order chi connectivity index (χ1) is 12.6. The van der Waals surface area contributed by atoms with Gasteiger partial charge in [0.15, 0.2) is 11.5 Å². The minimum absolute atomic E-state index is 0.105. The molecule has 2 amide bonds. The molecule has 0 bridgehead atoms. The SMILES string of the molecule is COC(CNC(=O)C(=O)Nc1ccc2c(c1)OCO2)c1ccccc1Cl. The van der Waals surface area contributed by atoms with E-state index in [1.54, 1.807) is 36.4 Å². The summed E-state index contributed by atoms with van der Waals surface area (Å²) in [6, 6.07) is 12.0. The third-order valence-electron chi connectivity index (χ3n) is 3.82. The standard InChI is InChI=1S/C18H17ClN2O5/c1-24-16(12-4-2-3-5-13(12)19)9-20-17(22)18(23)21-11-6-7-14-15(8-11)26-10-25-14/h2-8,16H,9-10H2,1H3,(H,20,22)(H,21,23). The van der Waals surface area contributed by atoms with Crippen LogP contribution >= 0.6 is 11.6 Å². The number of fused-ring (bicyclic) bond motifs is 1. The van der Waals surface area contributed by atoms with Gasteiger partial charge in [0.1, 0.15) is 6.10 Å². The summed E-state index contributed by atoms with van der Waals surface area (Å²) in [7, 11) is 1.51. The highest BCUT2D eigenvalue weighted by atomic mass is 35.5. The lowest BCUT2D eigenvalue weighted by atomic mass is 10.1. The predicted molar refractivity (Wildman–Crippen MR) is 95.4 cm³/mol. The predicted octanol–water partition coefficient (Wildman–Crippen LogP) is 2.51. The topological polar surface area (TPSA) is 85.9 Å². The summed E-state index contributed by atoms with van der Waals surface area (Å²) in [4.78, 5) is 24.1. The van der Waals surface area contributed by atoms with E-state index in [0.717, 1.165) is 5.56 Å². The molecule has 7 nitrogen and oxygen atoms in total. The van der Waals surface area contributed by atoms with E-state index in [4.69, 9.17) is 25.8 Å². The van der Waals surface area contributed by atoms with Gasteiger partial charge in [0.05, 0.1) is 0 Å². The summed E-state index contributed by atoms with van der Waals surface area (Å²) < 4.78 is 15.8. The number of hydrogen-bond acceptors (Lipinski definition) is 5. The molecule has 1 heterocycles. The number of rotatable bonds is 5. The fourth-order valence-electron chi connectivity index (χ4n) is 2.48. The van der Waals surface area contributed by atoms with Gasteiger partial charge in [-0.1, -0.05) is 29.8 Å². The van der Waals surface area contributed by atoms with Gasteiger partial charge in [-0.25, -0.2) is 0 Å².